The van der Waals surface area contributed by atoms with Crippen LogP contribution >= 0.6 is 23.8 Å². The van der Waals surface area contributed by atoms with Gasteiger partial charge in [0.25, 0.3) is 0 Å². The zero-order valence-corrected chi connectivity index (χ0v) is 24.4. The summed E-state index contributed by atoms with van der Waals surface area (Å²) in [7, 11) is 0. The number of benzene rings is 1. The largest absolute Gasteiger partial charge is 0.492 e. The summed E-state index contributed by atoms with van der Waals surface area (Å²) in [6.45, 7) is -2.54. The smallest absolute Gasteiger partial charge is 0.162 e. The van der Waals surface area contributed by atoms with E-state index in [1.54, 1.807) is 30.3 Å². The van der Waals surface area contributed by atoms with Gasteiger partial charge in [-0.05, 0) is 29.8 Å². The van der Waals surface area contributed by atoms with Crippen LogP contribution in [-0.4, -0.2) is 154 Å². The minimum Gasteiger partial charge on any atom is -0.492 e. The summed E-state index contributed by atoms with van der Waals surface area (Å²) >= 11 is 0.608. The van der Waals surface area contributed by atoms with E-state index in [1.807, 2.05) is 6.07 Å². The van der Waals surface area contributed by atoms with Crippen LogP contribution in [-0.2, 0) is 5.75 Å². The second kappa shape index (κ2) is 19.6. The van der Waals surface area contributed by atoms with Gasteiger partial charge in [0.2, 0.25) is 0 Å². The van der Waals surface area contributed by atoms with Crippen molar-refractivity contribution >= 4 is 28.8 Å². The van der Waals surface area contributed by atoms with Crippen molar-refractivity contribution in [1.29, 1.82) is 0 Å². The standard InChI is InChI=1S/C26H41NO13S.ClH/c28-12-19(32)24(36)22(34)17(30)10-27(11-18(31)23(35)25(37)20(33)13-29)6-8-39-16-4-1-3-15(9-16)14-41-26(38)21-5-2-7-40-21;/h1-5,7,9,17-20,22-25,28-38,41H,6,8,10-14H2;1H/t17-,18-,19+,20+,22+,23+,24+,25+;/m0./s1. The second-order valence-electron chi connectivity index (χ2n) is 9.47. The predicted molar refractivity (Wildman–Crippen MR) is 156 cm³/mol. The molecule has 242 valence electrons. The zero-order valence-electron chi connectivity index (χ0n) is 22.6. The van der Waals surface area contributed by atoms with Gasteiger partial charge in [-0.1, -0.05) is 12.1 Å². The molecule has 0 spiro atoms. The molecular weight excluding hydrogens is 602 g/mol. The fourth-order valence-corrected chi connectivity index (χ4v) is 4.62. The Bertz CT molecular complexity index is 1000. The predicted octanol–water partition coefficient (Wildman–Crippen LogP) is -3.04. The minimum atomic E-state index is -1.88. The van der Waals surface area contributed by atoms with Crippen LogP contribution in [0.4, 0.5) is 0 Å². The first-order valence-electron chi connectivity index (χ1n) is 12.9. The molecule has 1 heterocycles. The fraction of sp³-hybridized carbons (Fsp3) is 0.577. The summed E-state index contributed by atoms with van der Waals surface area (Å²) in [5, 5.41) is 108. The van der Waals surface area contributed by atoms with E-state index in [2.05, 4.69) is 0 Å². The molecule has 0 aliphatic rings. The third-order valence-electron chi connectivity index (χ3n) is 6.27. The molecule has 14 nitrogen and oxygen atoms in total. The maximum Gasteiger partial charge on any atom is 0.162 e. The number of aliphatic hydroxyl groups is 11. The molecule has 2 aromatic rings. The molecule has 11 N–H and O–H groups in total. The Morgan fingerprint density at radius 3 is 1.83 bits per heavy atom. The lowest BCUT2D eigenvalue weighted by Gasteiger charge is -2.33. The molecular formula is C26H42ClNO13S. The van der Waals surface area contributed by atoms with Gasteiger partial charge in [0.1, 0.15) is 54.0 Å². The molecule has 0 fully saturated rings. The van der Waals surface area contributed by atoms with Gasteiger partial charge in [-0.3, -0.25) is 4.90 Å². The van der Waals surface area contributed by atoms with Gasteiger partial charge >= 0.3 is 0 Å². The van der Waals surface area contributed by atoms with Gasteiger partial charge in [0.05, 0.1) is 31.7 Å². The normalized spacial score (nSPS) is 18.1. The van der Waals surface area contributed by atoms with Gasteiger partial charge in [0, 0.05) is 25.4 Å². The van der Waals surface area contributed by atoms with Crippen molar-refractivity contribution in [3.05, 3.63) is 54.0 Å². The first-order chi connectivity index (χ1) is 19.5. The van der Waals surface area contributed by atoms with E-state index in [1.165, 1.54) is 11.2 Å². The van der Waals surface area contributed by atoms with Crippen LogP contribution in [0.3, 0.4) is 0 Å². The van der Waals surface area contributed by atoms with Crippen molar-refractivity contribution in [3.8, 4) is 5.75 Å². The molecule has 0 saturated heterocycles. The summed E-state index contributed by atoms with van der Waals surface area (Å²) in [4.78, 5) is 1.34. The Balaban J connectivity index is 0.00000882. The highest BCUT2D eigenvalue weighted by molar-refractivity contribution is 7.98. The Kier molecular flexibility index (Phi) is 17.9. The maximum atomic E-state index is 10.4. The number of halogens is 1. The number of rotatable bonds is 19. The van der Waals surface area contributed by atoms with E-state index < -0.39 is 75.1 Å². The van der Waals surface area contributed by atoms with Crippen LogP contribution in [0.1, 0.15) is 11.3 Å². The van der Waals surface area contributed by atoms with E-state index in [9.17, 15) is 46.0 Å². The van der Waals surface area contributed by atoms with E-state index in [0.29, 0.717) is 28.6 Å². The van der Waals surface area contributed by atoms with Crippen LogP contribution < -0.4 is 4.74 Å². The quantitative estimate of drug-likeness (QED) is 0.0537. The monoisotopic (exact) mass is 643 g/mol. The molecule has 0 radical (unpaired) electrons. The number of hydrogen-bond donors (Lipinski definition) is 12. The lowest BCUT2D eigenvalue weighted by Crippen LogP contribution is -2.53. The molecule has 0 aliphatic carbocycles. The van der Waals surface area contributed by atoms with Gasteiger partial charge < -0.3 is 65.3 Å². The number of thiol groups is 1. The Morgan fingerprint density at radius 2 is 1.33 bits per heavy atom. The Hall–Kier alpha value is -1.67. The molecule has 16 heteroatoms. The second-order valence-corrected chi connectivity index (χ2v) is 10.5. The third kappa shape index (κ3) is 12.1. The summed E-state index contributed by atoms with van der Waals surface area (Å²) < 4.78 is 10.9. The maximum absolute atomic E-state index is 10.4. The van der Waals surface area contributed by atoms with Crippen LogP contribution in [0.5, 0.6) is 5.75 Å². The number of ether oxygens (including phenoxy) is 1. The first-order valence-corrected chi connectivity index (χ1v) is 13.9. The van der Waals surface area contributed by atoms with Crippen LogP contribution in [0, 0.1) is 0 Å². The van der Waals surface area contributed by atoms with Gasteiger partial charge in [-0.25, -0.2) is 0 Å². The molecule has 0 bridgehead atoms. The lowest BCUT2D eigenvalue weighted by atomic mass is 10.0. The molecule has 8 atom stereocenters. The van der Waals surface area contributed by atoms with Gasteiger partial charge in [-0.15, -0.1) is 12.4 Å². The van der Waals surface area contributed by atoms with E-state index in [4.69, 9.17) is 19.4 Å². The summed E-state index contributed by atoms with van der Waals surface area (Å²) in [5.41, 5.74) is 0.851. The van der Waals surface area contributed by atoms with Gasteiger partial charge in [-0.2, -0.15) is 11.4 Å². The third-order valence-corrected chi connectivity index (χ3v) is 7.31. The highest BCUT2D eigenvalue weighted by Crippen LogP contribution is 2.18. The highest BCUT2D eigenvalue weighted by Gasteiger charge is 2.34. The molecule has 1 aromatic heterocycles. The topological polar surface area (TPSA) is 248 Å². The molecule has 0 unspecified atom stereocenters. The van der Waals surface area contributed by atoms with Crippen molar-refractivity contribution in [3.63, 3.8) is 0 Å². The van der Waals surface area contributed by atoms with Crippen molar-refractivity contribution in [1.82, 2.24) is 4.90 Å². The highest BCUT2D eigenvalue weighted by atomic mass is 35.5. The number of aliphatic hydroxyl groups excluding tert-OH is 11. The van der Waals surface area contributed by atoms with Crippen molar-refractivity contribution < 1.29 is 65.3 Å². The number of furan rings is 1. The van der Waals surface area contributed by atoms with E-state index in [0.717, 1.165) is 5.56 Å². The molecule has 0 saturated carbocycles. The van der Waals surface area contributed by atoms with Crippen molar-refractivity contribution in [2.75, 3.05) is 39.5 Å². The van der Waals surface area contributed by atoms with E-state index >= 15 is 0 Å². The molecule has 0 aliphatic heterocycles. The average molecular weight is 644 g/mol. The zero-order chi connectivity index (χ0) is 30.5. The van der Waals surface area contributed by atoms with Crippen molar-refractivity contribution in [2.24, 2.45) is 0 Å². The number of nitrogens with zero attached hydrogens (tertiary/aromatic N) is 1. The Labute approximate surface area is 252 Å². The molecule has 42 heavy (non-hydrogen) atoms. The SMILES string of the molecule is Cl.OC[C@@H](O)[C@@H](O)[C@H](O)[C@@H](O)CN(CCOc1cccc(C[SH]=C(O)c2ccco2)c1)C[C@H](O)[C@@H](O)[C@H](O)[C@H](O)CO. The summed E-state index contributed by atoms with van der Waals surface area (Å²) in [6.07, 6.45) is -12.8. The van der Waals surface area contributed by atoms with Crippen LogP contribution in [0.2, 0.25) is 0 Å². The molecule has 2 rings (SSSR count). The average Bonchev–Trinajstić information content (AvgIpc) is 3.53. The lowest BCUT2D eigenvalue weighted by molar-refractivity contribution is -0.130. The van der Waals surface area contributed by atoms with Crippen molar-refractivity contribution in [2.45, 2.75) is 54.6 Å². The van der Waals surface area contributed by atoms with Gasteiger partial charge in [0.15, 0.2) is 5.76 Å². The summed E-state index contributed by atoms with van der Waals surface area (Å²) in [5.74, 6) is 1.31. The molecule has 1 aromatic carbocycles. The van der Waals surface area contributed by atoms with E-state index in [-0.39, 0.29) is 30.6 Å². The molecule has 0 amide bonds. The van der Waals surface area contributed by atoms with Crippen LogP contribution in [0.25, 0.3) is 0 Å². The Morgan fingerprint density at radius 1 is 0.786 bits per heavy atom. The summed E-state index contributed by atoms with van der Waals surface area (Å²) in [6, 6.07) is 10.4. The first kappa shape index (κ1) is 38.4. The number of hydrogen-bond acceptors (Lipinski definition) is 13. The fourth-order valence-electron chi connectivity index (χ4n) is 3.80. The minimum absolute atomic E-state index is 0. The van der Waals surface area contributed by atoms with Crippen LogP contribution in [0.15, 0.2) is 47.1 Å².